The van der Waals surface area contributed by atoms with Crippen LogP contribution < -0.4 is 0 Å². The number of hydrogen-bond acceptors (Lipinski definition) is 0. The highest BCUT2D eigenvalue weighted by Crippen LogP contribution is 2.39. The standard InChI is InChI=1S/C7H15P/c1-6(2)5-8-7-3-4-7/h6-8H,3-5H2,1-2H3. The van der Waals surface area contributed by atoms with Gasteiger partial charge < -0.3 is 0 Å². The normalized spacial score (nSPS) is 21.4. The van der Waals surface area contributed by atoms with Gasteiger partial charge in [-0.2, -0.15) is 0 Å². The summed E-state index contributed by atoms with van der Waals surface area (Å²) in [5, 5.41) is 0. The van der Waals surface area contributed by atoms with Crippen molar-refractivity contribution in [3.05, 3.63) is 0 Å². The van der Waals surface area contributed by atoms with Gasteiger partial charge in [-0.3, -0.25) is 0 Å². The molecule has 0 aromatic carbocycles. The fourth-order valence-corrected chi connectivity index (χ4v) is 2.07. The minimum Gasteiger partial charge on any atom is -0.119 e. The van der Waals surface area contributed by atoms with Gasteiger partial charge in [0.25, 0.3) is 0 Å². The van der Waals surface area contributed by atoms with E-state index in [1.54, 1.807) is 0 Å². The maximum absolute atomic E-state index is 2.31. The molecule has 1 rings (SSSR count). The lowest BCUT2D eigenvalue weighted by molar-refractivity contribution is 0.747. The molecular weight excluding hydrogens is 115 g/mol. The largest absolute Gasteiger partial charge is 0.119 e. The van der Waals surface area contributed by atoms with Gasteiger partial charge >= 0.3 is 0 Å². The summed E-state index contributed by atoms with van der Waals surface area (Å²) in [6, 6.07) is 0. The molecule has 8 heavy (non-hydrogen) atoms. The molecule has 1 aliphatic carbocycles. The molecule has 0 radical (unpaired) electrons. The molecule has 0 amide bonds. The van der Waals surface area contributed by atoms with Gasteiger partial charge in [0.05, 0.1) is 0 Å². The Morgan fingerprint density at radius 3 is 2.50 bits per heavy atom. The Balaban J connectivity index is 1.87. The lowest BCUT2D eigenvalue weighted by atomic mass is 10.3. The third-order valence-electron chi connectivity index (χ3n) is 1.39. The summed E-state index contributed by atoms with van der Waals surface area (Å²) in [6.45, 7) is 4.63. The van der Waals surface area contributed by atoms with Crippen molar-refractivity contribution >= 4 is 8.58 Å². The Labute approximate surface area is 53.8 Å². The SMILES string of the molecule is CC(C)CPC1CC1. The molecule has 1 heteroatoms. The second-order valence-corrected chi connectivity index (χ2v) is 4.71. The molecule has 1 unspecified atom stereocenters. The van der Waals surface area contributed by atoms with Crippen molar-refractivity contribution in [3.8, 4) is 0 Å². The van der Waals surface area contributed by atoms with Crippen LogP contribution in [-0.4, -0.2) is 11.8 Å². The van der Waals surface area contributed by atoms with Gasteiger partial charge in [0, 0.05) is 0 Å². The van der Waals surface area contributed by atoms with E-state index in [2.05, 4.69) is 13.8 Å². The third-order valence-corrected chi connectivity index (χ3v) is 3.60. The maximum atomic E-state index is 2.31. The summed E-state index contributed by atoms with van der Waals surface area (Å²) in [5.74, 6) is 0.939. The smallest absolute Gasteiger partial charge is 0.0236 e. The number of rotatable bonds is 3. The fraction of sp³-hybridized carbons (Fsp3) is 1.00. The van der Waals surface area contributed by atoms with Crippen LogP contribution in [0.2, 0.25) is 0 Å². The monoisotopic (exact) mass is 130 g/mol. The van der Waals surface area contributed by atoms with Crippen molar-refractivity contribution in [2.75, 3.05) is 6.16 Å². The molecule has 48 valence electrons. The van der Waals surface area contributed by atoms with E-state index in [-0.39, 0.29) is 0 Å². The molecule has 1 aliphatic rings. The first-order valence-corrected chi connectivity index (χ1v) is 4.81. The average Bonchev–Trinajstić information content (AvgIpc) is 2.41. The van der Waals surface area contributed by atoms with Crippen LogP contribution in [0.4, 0.5) is 0 Å². The van der Waals surface area contributed by atoms with Gasteiger partial charge in [0.1, 0.15) is 0 Å². The minimum atomic E-state index is 0.939. The second-order valence-electron chi connectivity index (χ2n) is 3.08. The molecule has 0 aromatic heterocycles. The number of hydrogen-bond donors (Lipinski definition) is 0. The van der Waals surface area contributed by atoms with Gasteiger partial charge in [-0.15, -0.1) is 8.58 Å². The van der Waals surface area contributed by atoms with E-state index < -0.39 is 0 Å². The molecule has 0 aromatic rings. The summed E-state index contributed by atoms with van der Waals surface area (Å²) >= 11 is 0. The Bertz CT molecular complexity index is 62.8. The molecule has 1 fully saturated rings. The molecule has 0 saturated heterocycles. The third kappa shape index (κ3) is 2.67. The van der Waals surface area contributed by atoms with Gasteiger partial charge in [0.15, 0.2) is 0 Å². The fourth-order valence-electron chi connectivity index (χ4n) is 0.690. The Kier molecular flexibility index (Phi) is 2.31. The van der Waals surface area contributed by atoms with Gasteiger partial charge in [0.2, 0.25) is 0 Å². The molecule has 1 atom stereocenters. The van der Waals surface area contributed by atoms with Crippen molar-refractivity contribution < 1.29 is 0 Å². The van der Waals surface area contributed by atoms with Gasteiger partial charge in [-0.25, -0.2) is 0 Å². The van der Waals surface area contributed by atoms with Crippen LogP contribution in [0.1, 0.15) is 26.7 Å². The van der Waals surface area contributed by atoms with Crippen molar-refractivity contribution in [2.24, 2.45) is 5.92 Å². The summed E-state index contributed by atoms with van der Waals surface area (Å²) in [5.41, 5.74) is 1.16. The lowest BCUT2D eigenvalue weighted by Crippen LogP contribution is -1.88. The quantitative estimate of drug-likeness (QED) is 0.515. The van der Waals surface area contributed by atoms with E-state index in [0.29, 0.717) is 0 Å². The van der Waals surface area contributed by atoms with E-state index in [1.807, 2.05) is 0 Å². The molecule has 1 saturated carbocycles. The van der Waals surface area contributed by atoms with Crippen molar-refractivity contribution in [1.82, 2.24) is 0 Å². The van der Waals surface area contributed by atoms with Gasteiger partial charge in [-0.1, -0.05) is 13.8 Å². The Hall–Kier alpha value is 0.430. The summed E-state index contributed by atoms with van der Waals surface area (Å²) in [7, 11) is 1.28. The molecule has 0 N–H and O–H groups in total. The van der Waals surface area contributed by atoms with E-state index in [9.17, 15) is 0 Å². The van der Waals surface area contributed by atoms with Gasteiger partial charge in [-0.05, 0) is 30.6 Å². The lowest BCUT2D eigenvalue weighted by Gasteiger charge is -2.00. The second kappa shape index (κ2) is 2.82. The maximum Gasteiger partial charge on any atom is -0.0236 e. The summed E-state index contributed by atoms with van der Waals surface area (Å²) in [4.78, 5) is 0. The first-order chi connectivity index (χ1) is 3.79. The predicted octanol–water partition coefficient (Wildman–Crippen LogP) is 2.48. The van der Waals surface area contributed by atoms with Crippen molar-refractivity contribution in [3.63, 3.8) is 0 Å². The highest BCUT2D eigenvalue weighted by atomic mass is 31.1. The van der Waals surface area contributed by atoms with Crippen molar-refractivity contribution in [1.29, 1.82) is 0 Å². The first kappa shape index (κ1) is 6.55. The van der Waals surface area contributed by atoms with Crippen molar-refractivity contribution in [2.45, 2.75) is 32.3 Å². The topological polar surface area (TPSA) is 0 Å². The first-order valence-electron chi connectivity index (χ1n) is 3.52. The Morgan fingerprint density at radius 1 is 1.50 bits per heavy atom. The molecule has 0 bridgehead atoms. The highest BCUT2D eigenvalue weighted by molar-refractivity contribution is 7.39. The highest BCUT2D eigenvalue weighted by Gasteiger charge is 2.20. The van der Waals surface area contributed by atoms with Crippen LogP contribution in [0.5, 0.6) is 0 Å². The molecule has 0 spiro atoms. The minimum absolute atomic E-state index is 0.939. The predicted molar refractivity (Wildman–Crippen MR) is 41.0 cm³/mol. The van der Waals surface area contributed by atoms with Crippen LogP contribution in [0.15, 0.2) is 0 Å². The molecule has 0 heterocycles. The zero-order valence-corrected chi connectivity index (χ0v) is 6.78. The van der Waals surface area contributed by atoms with E-state index in [0.717, 1.165) is 11.6 Å². The van der Waals surface area contributed by atoms with Crippen LogP contribution in [0, 0.1) is 5.92 Å². The van der Waals surface area contributed by atoms with Crippen LogP contribution in [0.3, 0.4) is 0 Å². The Morgan fingerprint density at radius 2 is 2.12 bits per heavy atom. The zero-order chi connectivity index (χ0) is 5.98. The van der Waals surface area contributed by atoms with E-state index in [1.165, 1.54) is 27.6 Å². The van der Waals surface area contributed by atoms with E-state index >= 15 is 0 Å². The van der Waals surface area contributed by atoms with Crippen LogP contribution >= 0.6 is 8.58 Å². The summed E-state index contributed by atoms with van der Waals surface area (Å²) < 4.78 is 0. The van der Waals surface area contributed by atoms with Crippen LogP contribution in [0.25, 0.3) is 0 Å². The average molecular weight is 130 g/mol. The summed E-state index contributed by atoms with van der Waals surface area (Å²) in [6.07, 6.45) is 4.54. The zero-order valence-electron chi connectivity index (χ0n) is 5.78. The molecule has 0 nitrogen and oxygen atoms in total. The molecule has 0 aliphatic heterocycles. The van der Waals surface area contributed by atoms with Crippen LogP contribution in [-0.2, 0) is 0 Å². The molecular formula is C7H15P. The van der Waals surface area contributed by atoms with E-state index in [4.69, 9.17) is 0 Å².